The van der Waals surface area contributed by atoms with Crippen molar-refractivity contribution in [3.8, 4) is 0 Å². The molecule has 464 valence electrons. The van der Waals surface area contributed by atoms with Gasteiger partial charge in [0, 0.05) is 75.6 Å². The average Bonchev–Trinajstić information content (AvgIpc) is 2.36. The zero-order chi connectivity index (χ0) is 63.6. The van der Waals surface area contributed by atoms with Crippen molar-refractivity contribution in [3.63, 3.8) is 0 Å². The predicted molar refractivity (Wildman–Crippen MR) is 300 cm³/mol. The fraction of sp³-hybridized carbons (Fsp3) is 0.411. The Morgan fingerprint density at radius 1 is 0.337 bits per heavy atom. The van der Waals surface area contributed by atoms with Crippen LogP contribution in [0.4, 0.5) is 11.4 Å². The van der Waals surface area contributed by atoms with Crippen molar-refractivity contribution in [1.82, 2.24) is 29.4 Å². The van der Waals surface area contributed by atoms with Crippen LogP contribution in [-0.2, 0) is 68.8 Å². The highest BCUT2D eigenvalue weighted by atomic mass is 16.6. The maximum Gasteiger partial charge on any atom is 0.336 e. The van der Waals surface area contributed by atoms with E-state index in [0.717, 1.165) is 19.6 Å². The van der Waals surface area contributed by atoms with Gasteiger partial charge in [0.05, 0.1) is 62.2 Å². The molecule has 0 saturated carbocycles. The van der Waals surface area contributed by atoms with Gasteiger partial charge < -0.3 is 46.0 Å². The van der Waals surface area contributed by atoms with E-state index in [0.29, 0.717) is 22.3 Å². The second kappa shape index (κ2) is 34.4. The van der Waals surface area contributed by atoms with Crippen LogP contribution in [0.15, 0.2) is 109 Å². The molecule has 0 aliphatic rings. The highest BCUT2D eigenvalue weighted by Crippen LogP contribution is 2.24. The Morgan fingerprint density at radius 2 is 0.605 bits per heavy atom. The highest BCUT2D eigenvalue weighted by Gasteiger charge is 2.39. The summed E-state index contributed by atoms with van der Waals surface area (Å²) in [5.74, 6) is -15.5. The summed E-state index contributed by atoms with van der Waals surface area (Å²) < 4.78 is 0. The van der Waals surface area contributed by atoms with Crippen LogP contribution in [0, 0.1) is 32.1 Å². The SMILES string of the molecule is O=C(O)CN(CC(Cc1ccccc1)CN(CC(=O)O)C(C(=O)O)N(CC(=O)O)CC(Cc1ccccc1)CN(CC(=O)O)CC(Cc1ccc([N+](=O)[O-])cc1)N(CC(=O)O)CC(=O)O)CC(Cc1ccc([N+](=O)[O-])cc1)N(CC(=O)O)CC(=O)O. The van der Waals surface area contributed by atoms with Gasteiger partial charge in [0.25, 0.3) is 11.4 Å². The van der Waals surface area contributed by atoms with E-state index in [-0.39, 0.29) is 50.1 Å². The topological polar surface area (TPSA) is 441 Å². The molecule has 0 spiro atoms. The van der Waals surface area contributed by atoms with E-state index in [1.165, 1.54) is 58.3 Å². The van der Waals surface area contributed by atoms with Gasteiger partial charge in [-0.3, -0.25) is 88.0 Å². The lowest BCUT2D eigenvalue weighted by molar-refractivity contribution is -0.385. The smallest absolute Gasteiger partial charge is 0.336 e. The minimum atomic E-state index is -2.13. The summed E-state index contributed by atoms with van der Waals surface area (Å²) in [5, 5.41) is 115. The Bertz CT molecular complexity index is 2740. The molecule has 9 N–H and O–H groups in total. The summed E-state index contributed by atoms with van der Waals surface area (Å²) in [5.41, 5.74) is 1.30. The van der Waals surface area contributed by atoms with Gasteiger partial charge in [-0.2, -0.15) is 0 Å². The summed E-state index contributed by atoms with van der Waals surface area (Å²) in [7, 11) is 0. The molecule has 0 aliphatic carbocycles. The third-order valence-electron chi connectivity index (χ3n) is 13.6. The summed E-state index contributed by atoms with van der Waals surface area (Å²) in [4.78, 5) is 142. The van der Waals surface area contributed by atoms with Gasteiger partial charge in [-0.25, -0.2) is 4.79 Å². The number of aliphatic carboxylic acids is 9. The quantitative estimate of drug-likeness (QED) is 0.0173. The Balaban J connectivity index is 1.87. The minimum Gasteiger partial charge on any atom is -0.480 e. The minimum absolute atomic E-state index is 0.0259. The summed E-state index contributed by atoms with van der Waals surface area (Å²) in [6, 6.07) is 24.6. The van der Waals surface area contributed by atoms with Crippen LogP contribution in [0.3, 0.4) is 0 Å². The van der Waals surface area contributed by atoms with Crippen molar-refractivity contribution >= 4 is 65.1 Å². The van der Waals surface area contributed by atoms with E-state index in [2.05, 4.69) is 0 Å². The number of carboxylic acids is 9. The second-order valence-electron chi connectivity index (χ2n) is 20.6. The lowest BCUT2D eigenvalue weighted by atomic mass is 9.95. The van der Waals surface area contributed by atoms with Crippen molar-refractivity contribution in [2.75, 3.05) is 91.6 Å². The van der Waals surface area contributed by atoms with E-state index in [1.807, 2.05) is 0 Å². The number of nitrogens with zero attached hydrogens (tertiary/aromatic N) is 8. The lowest BCUT2D eigenvalue weighted by Crippen LogP contribution is -2.59. The van der Waals surface area contributed by atoms with Crippen LogP contribution in [0.5, 0.6) is 0 Å². The standard InChI is InChI=1S/C56H68N8O22/c65-47(66)29-57(27-45(59(31-49(69)70)32-50(71)72)21-39-11-15-43(16-12-39)63(83)84)23-41(19-37-7-3-1-4-8-37)25-61(35-53(77)78)55(56(81)82)62(36-54(79)80)26-42(20-38-9-5-2-6-10-38)24-58(30-48(67)68)28-46(60(33-51(73)74)34-52(75)76)22-40-13-17-44(18-14-40)64(85)86/h1-18,41-42,45-46,55H,19-36H2,(H,65,66)(H,67,68)(H,69,70)(H,71,72)(H,73,74)(H,75,76)(H,77,78)(H,79,80)(H,81,82). The van der Waals surface area contributed by atoms with Gasteiger partial charge in [0.1, 0.15) is 0 Å². The van der Waals surface area contributed by atoms with E-state index in [4.69, 9.17) is 0 Å². The molecule has 30 heteroatoms. The first-order valence-corrected chi connectivity index (χ1v) is 26.6. The number of benzene rings is 4. The first-order chi connectivity index (χ1) is 40.6. The molecule has 0 radical (unpaired) electrons. The van der Waals surface area contributed by atoms with Crippen LogP contribution >= 0.6 is 0 Å². The molecule has 30 nitrogen and oxygen atoms in total. The number of hydrogen-bond acceptors (Lipinski definition) is 19. The maximum atomic E-state index is 13.9. The third kappa shape index (κ3) is 25.3. The van der Waals surface area contributed by atoms with Gasteiger partial charge in [-0.1, -0.05) is 84.9 Å². The second-order valence-corrected chi connectivity index (χ2v) is 20.6. The summed E-state index contributed by atoms with van der Waals surface area (Å²) in [6.45, 7) is -9.72. The maximum absolute atomic E-state index is 13.9. The monoisotopic (exact) mass is 1200 g/mol. The third-order valence-corrected chi connectivity index (χ3v) is 13.6. The van der Waals surface area contributed by atoms with Crippen molar-refractivity contribution in [2.24, 2.45) is 11.8 Å². The van der Waals surface area contributed by atoms with E-state index >= 15 is 0 Å². The Labute approximate surface area is 491 Å². The normalized spacial score (nSPS) is 13.3. The van der Waals surface area contributed by atoms with E-state index in [1.54, 1.807) is 60.7 Å². The molecule has 0 bridgehead atoms. The molecule has 0 aromatic heterocycles. The van der Waals surface area contributed by atoms with Gasteiger partial charge in [0.15, 0.2) is 6.17 Å². The highest BCUT2D eigenvalue weighted by molar-refractivity contribution is 5.77. The average molecular weight is 1210 g/mol. The number of carboxylic acid groups (broad SMARTS) is 9. The number of carbonyl (C=O) groups is 9. The fourth-order valence-electron chi connectivity index (χ4n) is 10.4. The van der Waals surface area contributed by atoms with Crippen LogP contribution in [-0.4, -0.2) is 249 Å². The zero-order valence-corrected chi connectivity index (χ0v) is 46.4. The van der Waals surface area contributed by atoms with Crippen LogP contribution in [0.2, 0.25) is 0 Å². The first kappa shape index (κ1) is 69.2. The van der Waals surface area contributed by atoms with Crippen molar-refractivity contribution in [2.45, 2.75) is 43.9 Å². The predicted octanol–water partition coefficient (Wildman–Crippen LogP) is 1.64. The molecule has 4 aromatic carbocycles. The molecule has 0 aliphatic heterocycles. The van der Waals surface area contributed by atoms with Crippen LogP contribution < -0.4 is 0 Å². The first-order valence-electron chi connectivity index (χ1n) is 26.6. The van der Waals surface area contributed by atoms with E-state index < -0.39 is 172 Å². The van der Waals surface area contributed by atoms with Gasteiger partial charge >= 0.3 is 53.7 Å². The number of rotatable bonds is 43. The fourth-order valence-corrected chi connectivity index (χ4v) is 10.4. The molecular weight excluding hydrogens is 1140 g/mol. The van der Waals surface area contributed by atoms with E-state index in [9.17, 15) is 109 Å². The van der Waals surface area contributed by atoms with Crippen molar-refractivity contribution in [3.05, 3.63) is 152 Å². The number of nitro groups is 2. The Kier molecular flexibility index (Phi) is 27.7. The molecular formula is C56H68N8O22. The number of hydrogen-bond donors (Lipinski definition) is 9. The van der Waals surface area contributed by atoms with Crippen LogP contribution in [0.25, 0.3) is 0 Å². The summed E-state index contributed by atoms with van der Waals surface area (Å²) >= 11 is 0. The van der Waals surface area contributed by atoms with Crippen molar-refractivity contribution < 1.29 is 99.0 Å². The lowest BCUT2D eigenvalue weighted by Gasteiger charge is -2.41. The van der Waals surface area contributed by atoms with Gasteiger partial charge in [-0.15, -0.1) is 0 Å². The molecule has 4 atom stereocenters. The largest absolute Gasteiger partial charge is 0.480 e. The molecule has 0 amide bonds. The summed E-state index contributed by atoms with van der Waals surface area (Å²) in [6.07, 6.45) is -2.53. The Morgan fingerprint density at radius 3 is 0.860 bits per heavy atom. The van der Waals surface area contributed by atoms with Gasteiger partial charge in [-0.05, 0) is 59.8 Å². The molecule has 4 rings (SSSR count). The molecule has 4 aromatic rings. The Hall–Kier alpha value is -9.33. The molecule has 4 unspecified atom stereocenters. The van der Waals surface area contributed by atoms with Crippen LogP contribution in [0.1, 0.15) is 22.3 Å². The zero-order valence-electron chi connectivity index (χ0n) is 46.4. The number of nitro benzene ring substituents is 2. The number of non-ortho nitro benzene ring substituents is 2. The molecule has 0 saturated heterocycles. The molecule has 0 fully saturated rings. The van der Waals surface area contributed by atoms with Gasteiger partial charge in [0.2, 0.25) is 0 Å². The molecule has 86 heavy (non-hydrogen) atoms. The molecule has 0 heterocycles. The van der Waals surface area contributed by atoms with Crippen molar-refractivity contribution in [1.29, 1.82) is 0 Å².